The first-order valence-corrected chi connectivity index (χ1v) is 4.25. The highest BCUT2D eigenvalue weighted by atomic mass is 16.2. The molecule has 0 heterocycles. The van der Waals surface area contributed by atoms with Crippen molar-refractivity contribution < 1.29 is 5.02 Å². The molecule has 1 rings (SSSR count). The zero-order valence-electron chi connectivity index (χ0n) is 7.91. The first kappa shape index (κ1) is 9.33. The van der Waals surface area contributed by atoms with Gasteiger partial charge in [0.25, 0.3) is 0 Å². The molecule has 0 bridgehead atoms. The molecule has 64 valence electrons. The van der Waals surface area contributed by atoms with Gasteiger partial charge in [0, 0.05) is 0 Å². The zero-order valence-corrected chi connectivity index (χ0v) is 7.91. The summed E-state index contributed by atoms with van der Waals surface area (Å²) in [6, 6.07) is 9.76. The van der Waals surface area contributed by atoms with Crippen LogP contribution in [0, 0.1) is 0 Å². The zero-order chi connectivity index (χ0) is 9.19. The molecular formula is C10H15BO. The fraction of sp³-hybridized carbons (Fsp3) is 0.400. The van der Waals surface area contributed by atoms with Gasteiger partial charge in [-0.05, 0) is 10.8 Å². The van der Waals surface area contributed by atoms with Gasteiger partial charge in [0.2, 0.25) is 0 Å². The summed E-state index contributed by atoms with van der Waals surface area (Å²) >= 11 is 0. The molecule has 0 aliphatic rings. The first-order valence-electron chi connectivity index (χ1n) is 4.25. The molecule has 0 aliphatic carbocycles. The predicted octanol–water partition coefficient (Wildman–Crippen LogP) is 1.68. The molecule has 12 heavy (non-hydrogen) atoms. The second-order valence-electron chi connectivity index (χ2n) is 4.18. The van der Waals surface area contributed by atoms with E-state index in [2.05, 4.69) is 0 Å². The van der Waals surface area contributed by atoms with Crippen molar-refractivity contribution in [2.24, 2.45) is 0 Å². The Hall–Kier alpha value is -0.755. The maximum atomic E-state index is 9.86. The molecule has 1 nitrogen and oxygen atoms in total. The SMILES string of the molecule is CC(C)(C)B(O)c1ccccc1. The van der Waals surface area contributed by atoms with Crippen LogP contribution < -0.4 is 5.46 Å². The molecule has 0 spiro atoms. The van der Waals surface area contributed by atoms with E-state index in [4.69, 9.17) is 0 Å². The molecule has 2 heteroatoms. The van der Waals surface area contributed by atoms with Gasteiger partial charge in [-0.1, -0.05) is 51.1 Å². The minimum absolute atomic E-state index is 0.0820. The van der Waals surface area contributed by atoms with Gasteiger partial charge in [0.05, 0.1) is 0 Å². The Morgan fingerprint density at radius 2 is 1.58 bits per heavy atom. The van der Waals surface area contributed by atoms with E-state index in [9.17, 15) is 5.02 Å². The largest absolute Gasteiger partial charge is 0.446 e. The Morgan fingerprint density at radius 1 is 1.08 bits per heavy atom. The van der Waals surface area contributed by atoms with Gasteiger partial charge in [-0.2, -0.15) is 0 Å². The Bertz CT molecular complexity index is 238. The third-order valence-corrected chi connectivity index (χ3v) is 1.94. The van der Waals surface area contributed by atoms with E-state index in [0.717, 1.165) is 5.46 Å². The lowest BCUT2D eigenvalue weighted by Crippen LogP contribution is -2.38. The second-order valence-corrected chi connectivity index (χ2v) is 4.18. The van der Waals surface area contributed by atoms with Crippen LogP contribution in [0.25, 0.3) is 0 Å². The molecule has 0 radical (unpaired) electrons. The van der Waals surface area contributed by atoms with Crippen LogP contribution in [0.2, 0.25) is 5.31 Å². The normalized spacial score (nSPS) is 11.3. The molecule has 0 atom stereocenters. The third-order valence-electron chi connectivity index (χ3n) is 1.94. The average Bonchev–Trinajstić information content (AvgIpc) is 2.03. The highest BCUT2D eigenvalue weighted by Crippen LogP contribution is 2.24. The number of hydrogen-bond donors (Lipinski definition) is 1. The molecular weight excluding hydrogens is 147 g/mol. The predicted molar refractivity (Wildman–Crippen MR) is 53.8 cm³/mol. The van der Waals surface area contributed by atoms with Crippen LogP contribution in [-0.2, 0) is 0 Å². The van der Waals surface area contributed by atoms with Gasteiger partial charge in [-0.25, -0.2) is 0 Å². The lowest BCUT2D eigenvalue weighted by molar-refractivity contribution is 0.526. The summed E-state index contributed by atoms with van der Waals surface area (Å²) in [5, 5.41) is 9.78. The molecule has 0 fully saturated rings. The van der Waals surface area contributed by atoms with Crippen LogP contribution in [0.3, 0.4) is 0 Å². The van der Waals surface area contributed by atoms with E-state index in [1.165, 1.54) is 0 Å². The van der Waals surface area contributed by atoms with E-state index < -0.39 is 0 Å². The van der Waals surface area contributed by atoms with Gasteiger partial charge in [0.15, 0.2) is 0 Å². The van der Waals surface area contributed by atoms with E-state index in [-0.39, 0.29) is 12.2 Å². The molecule has 0 saturated heterocycles. The summed E-state index contributed by atoms with van der Waals surface area (Å²) in [6.07, 6.45) is 0. The van der Waals surface area contributed by atoms with Crippen molar-refractivity contribution in [3.05, 3.63) is 30.3 Å². The monoisotopic (exact) mass is 162 g/mol. The summed E-state index contributed by atoms with van der Waals surface area (Å²) in [5.74, 6) is 0. The summed E-state index contributed by atoms with van der Waals surface area (Å²) in [4.78, 5) is 0. The molecule has 0 amide bonds. The van der Waals surface area contributed by atoms with Crippen molar-refractivity contribution in [2.75, 3.05) is 0 Å². The number of benzene rings is 1. The summed E-state index contributed by atoms with van der Waals surface area (Å²) in [7, 11) is 0. The molecule has 0 unspecified atom stereocenters. The van der Waals surface area contributed by atoms with Crippen LogP contribution in [-0.4, -0.2) is 11.9 Å². The van der Waals surface area contributed by atoms with E-state index >= 15 is 0 Å². The second kappa shape index (κ2) is 3.32. The van der Waals surface area contributed by atoms with Crippen molar-refractivity contribution in [3.8, 4) is 0 Å². The lowest BCUT2D eigenvalue weighted by Gasteiger charge is -2.21. The van der Waals surface area contributed by atoms with E-state index in [0.29, 0.717) is 0 Å². The highest BCUT2D eigenvalue weighted by Gasteiger charge is 2.28. The molecule has 1 aromatic carbocycles. The fourth-order valence-electron chi connectivity index (χ4n) is 1.14. The van der Waals surface area contributed by atoms with Crippen molar-refractivity contribution in [3.63, 3.8) is 0 Å². The van der Waals surface area contributed by atoms with E-state index in [1.807, 2.05) is 51.1 Å². The lowest BCUT2D eigenvalue weighted by atomic mass is 9.44. The van der Waals surface area contributed by atoms with Crippen LogP contribution in [0.1, 0.15) is 20.8 Å². The molecule has 1 N–H and O–H groups in total. The first-order chi connectivity index (χ1) is 5.52. The van der Waals surface area contributed by atoms with Gasteiger partial charge in [0.1, 0.15) is 0 Å². The summed E-state index contributed by atoms with van der Waals surface area (Å²) in [6.45, 7) is 5.72. The van der Waals surface area contributed by atoms with Gasteiger partial charge in [-0.3, -0.25) is 0 Å². The number of rotatable bonds is 1. The maximum absolute atomic E-state index is 9.86. The van der Waals surface area contributed by atoms with Crippen molar-refractivity contribution in [2.45, 2.75) is 26.1 Å². The minimum Gasteiger partial charge on any atom is -0.446 e. The van der Waals surface area contributed by atoms with Crippen LogP contribution in [0.15, 0.2) is 30.3 Å². The highest BCUT2D eigenvalue weighted by molar-refractivity contribution is 6.68. The Morgan fingerprint density at radius 3 is 2.00 bits per heavy atom. The van der Waals surface area contributed by atoms with Gasteiger partial charge >= 0.3 is 6.92 Å². The molecule has 0 saturated carbocycles. The Kier molecular flexibility index (Phi) is 2.58. The third kappa shape index (κ3) is 2.11. The summed E-state index contributed by atoms with van der Waals surface area (Å²) < 4.78 is 0. The minimum atomic E-state index is -0.376. The Labute approximate surface area is 74.5 Å². The van der Waals surface area contributed by atoms with Crippen molar-refractivity contribution >= 4 is 12.4 Å². The van der Waals surface area contributed by atoms with E-state index in [1.54, 1.807) is 0 Å². The van der Waals surface area contributed by atoms with Gasteiger partial charge in [-0.15, -0.1) is 0 Å². The summed E-state index contributed by atoms with van der Waals surface area (Å²) in [5.41, 5.74) is 0.991. The van der Waals surface area contributed by atoms with Crippen molar-refractivity contribution in [1.29, 1.82) is 0 Å². The maximum Gasteiger partial charge on any atom is 0.329 e. The van der Waals surface area contributed by atoms with Crippen molar-refractivity contribution in [1.82, 2.24) is 0 Å². The molecule has 0 aliphatic heterocycles. The molecule has 0 aromatic heterocycles. The van der Waals surface area contributed by atoms with Crippen LogP contribution in [0.4, 0.5) is 0 Å². The van der Waals surface area contributed by atoms with Crippen LogP contribution in [0.5, 0.6) is 0 Å². The molecule has 1 aromatic rings. The quantitative estimate of drug-likeness (QED) is 0.622. The average molecular weight is 162 g/mol. The number of hydrogen-bond acceptors (Lipinski definition) is 1. The Balaban J connectivity index is 2.86. The smallest absolute Gasteiger partial charge is 0.329 e. The fourth-order valence-corrected chi connectivity index (χ4v) is 1.14. The standard InChI is InChI=1S/C10H15BO/c1-10(2,3)11(12)9-7-5-4-6-8-9/h4-8,12H,1-3H3. The van der Waals surface area contributed by atoms with Crippen LogP contribution >= 0.6 is 0 Å². The van der Waals surface area contributed by atoms with Gasteiger partial charge < -0.3 is 5.02 Å². The topological polar surface area (TPSA) is 20.2 Å².